The molecule has 0 aromatic carbocycles. The normalized spacial score (nSPS) is 15.9. The lowest BCUT2D eigenvalue weighted by Gasteiger charge is -2.23. The third-order valence-corrected chi connectivity index (χ3v) is 4.73. The van der Waals surface area contributed by atoms with Gasteiger partial charge in [-0.3, -0.25) is 4.79 Å². The number of rotatable bonds is 4. The number of hydrogen-bond acceptors (Lipinski definition) is 5. The number of aromatic nitrogens is 2. The van der Waals surface area contributed by atoms with E-state index >= 15 is 0 Å². The van der Waals surface area contributed by atoms with E-state index < -0.39 is 0 Å². The number of ether oxygens (including phenoxy) is 1. The van der Waals surface area contributed by atoms with Gasteiger partial charge in [0.1, 0.15) is 0 Å². The molecule has 0 amide bonds. The summed E-state index contributed by atoms with van der Waals surface area (Å²) < 4.78 is 6.02. The number of aldehydes is 1. The molecule has 1 aliphatic carbocycles. The molecule has 0 spiro atoms. The zero-order valence-corrected chi connectivity index (χ0v) is 12.9. The lowest BCUT2D eigenvalue weighted by Crippen LogP contribution is -2.20. The number of carbonyl (C=O) groups is 1. The zero-order chi connectivity index (χ0) is 14.7. The first-order valence-corrected chi connectivity index (χ1v) is 8.19. The molecule has 2 aromatic heterocycles. The van der Waals surface area contributed by atoms with Gasteiger partial charge in [0.2, 0.25) is 0 Å². The van der Waals surface area contributed by atoms with Crippen LogP contribution in [0.15, 0.2) is 17.6 Å². The highest BCUT2D eigenvalue weighted by Crippen LogP contribution is 2.29. The van der Waals surface area contributed by atoms with Crippen molar-refractivity contribution < 1.29 is 9.53 Å². The zero-order valence-electron chi connectivity index (χ0n) is 12.0. The third kappa shape index (κ3) is 3.13. The van der Waals surface area contributed by atoms with Crippen molar-refractivity contribution in [2.75, 3.05) is 0 Å². The van der Waals surface area contributed by atoms with Crippen molar-refractivity contribution >= 4 is 17.6 Å². The summed E-state index contributed by atoms with van der Waals surface area (Å²) in [5.74, 6) is 1.36. The molecule has 0 radical (unpaired) electrons. The van der Waals surface area contributed by atoms with Crippen molar-refractivity contribution in [1.29, 1.82) is 0 Å². The van der Waals surface area contributed by atoms with Crippen molar-refractivity contribution in [3.05, 3.63) is 28.9 Å². The van der Waals surface area contributed by atoms with E-state index in [9.17, 15) is 4.79 Å². The maximum absolute atomic E-state index is 11.0. The maximum Gasteiger partial charge on any atom is 0.170 e. The highest BCUT2D eigenvalue weighted by molar-refractivity contribution is 7.13. The van der Waals surface area contributed by atoms with E-state index in [2.05, 4.69) is 9.97 Å². The summed E-state index contributed by atoms with van der Waals surface area (Å²) in [5, 5.41) is 1.88. The molecule has 1 fully saturated rings. The van der Waals surface area contributed by atoms with Gasteiger partial charge in [0.15, 0.2) is 17.9 Å². The molecule has 5 heteroatoms. The van der Waals surface area contributed by atoms with E-state index in [0.717, 1.165) is 35.4 Å². The quantitative estimate of drug-likeness (QED) is 0.800. The number of carbonyl (C=O) groups excluding carboxylic acids is 1. The summed E-state index contributed by atoms with van der Waals surface area (Å²) in [6, 6.07) is 1.79. The average Bonchev–Trinajstić information content (AvgIpc) is 2.99. The lowest BCUT2D eigenvalue weighted by atomic mass is 9.98. The van der Waals surface area contributed by atoms with Gasteiger partial charge < -0.3 is 4.74 Å². The number of hydrogen-bond donors (Lipinski definition) is 0. The molecule has 3 rings (SSSR count). The Balaban J connectivity index is 1.81. The van der Waals surface area contributed by atoms with Crippen LogP contribution < -0.4 is 4.74 Å². The molecule has 0 unspecified atom stereocenters. The van der Waals surface area contributed by atoms with Gasteiger partial charge in [-0.05, 0) is 44.1 Å². The SMILES string of the molecule is Cc1nc(-c2sccc2C=O)ncc1OC1CCCCC1. The predicted octanol–water partition coefficient (Wildman–Crippen LogP) is 4.04. The van der Waals surface area contributed by atoms with Crippen LogP contribution in [0.2, 0.25) is 0 Å². The Morgan fingerprint density at radius 1 is 1.33 bits per heavy atom. The minimum Gasteiger partial charge on any atom is -0.487 e. The standard InChI is InChI=1S/C16H18N2O2S/c1-11-14(20-13-5-3-2-4-6-13)9-17-16(18-11)15-12(10-19)7-8-21-15/h7-10,13H,2-6H2,1H3. The molecule has 4 nitrogen and oxygen atoms in total. The van der Waals surface area contributed by atoms with Crippen LogP contribution in [0.3, 0.4) is 0 Å². The first-order valence-electron chi connectivity index (χ1n) is 7.31. The van der Waals surface area contributed by atoms with Crippen molar-refractivity contribution in [3.63, 3.8) is 0 Å². The minimum atomic E-state index is 0.291. The first-order chi connectivity index (χ1) is 10.3. The van der Waals surface area contributed by atoms with Gasteiger partial charge in [-0.15, -0.1) is 11.3 Å². The van der Waals surface area contributed by atoms with Crippen molar-refractivity contribution in [2.45, 2.75) is 45.1 Å². The van der Waals surface area contributed by atoms with Crippen LogP contribution in [-0.2, 0) is 0 Å². The van der Waals surface area contributed by atoms with Gasteiger partial charge in [-0.25, -0.2) is 9.97 Å². The topological polar surface area (TPSA) is 52.1 Å². The second-order valence-corrected chi connectivity index (χ2v) is 6.26. The Labute approximate surface area is 128 Å². The molecule has 0 aliphatic heterocycles. The predicted molar refractivity (Wildman–Crippen MR) is 83.0 cm³/mol. The van der Waals surface area contributed by atoms with Crippen LogP contribution in [0.25, 0.3) is 10.7 Å². The van der Waals surface area contributed by atoms with Crippen LogP contribution in [0.5, 0.6) is 5.75 Å². The Kier molecular flexibility index (Phi) is 4.29. The number of nitrogens with zero attached hydrogens (tertiary/aromatic N) is 2. The lowest BCUT2D eigenvalue weighted by molar-refractivity contribution is 0.112. The van der Waals surface area contributed by atoms with Crippen LogP contribution >= 0.6 is 11.3 Å². The summed E-state index contributed by atoms with van der Waals surface area (Å²) in [4.78, 5) is 20.7. The monoisotopic (exact) mass is 302 g/mol. The highest BCUT2D eigenvalue weighted by Gasteiger charge is 2.17. The molecule has 0 saturated heterocycles. The summed E-state index contributed by atoms with van der Waals surface area (Å²) in [6.45, 7) is 1.93. The molecule has 21 heavy (non-hydrogen) atoms. The number of aryl methyl sites for hydroxylation is 1. The van der Waals surface area contributed by atoms with E-state index in [0.29, 0.717) is 17.5 Å². The van der Waals surface area contributed by atoms with E-state index in [1.807, 2.05) is 12.3 Å². The molecule has 110 valence electrons. The Morgan fingerprint density at radius 2 is 2.14 bits per heavy atom. The molecule has 1 saturated carbocycles. The maximum atomic E-state index is 11.0. The summed E-state index contributed by atoms with van der Waals surface area (Å²) in [6.07, 6.45) is 8.88. The fourth-order valence-electron chi connectivity index (χ4n) is 2.64. The molecule has 0 N–H and O–H groups in total. The molecule has 0 atom stereocenters. The van der Waals surface area contributed by atoms with E-state index in [4.69, 9.17) is 4.74 Å². The second kappa shape index (κ2) is 6.35. The van der Waals surface area contributed by atoms with Crippen molar-refractivity contribution in [2.24, 2.45) is 0 Å². The third-order valence-electron chi connectivity index (χ3n) is 3.81. The van der Waals surface area contributed by atoms with Gasteiger partial charge in [0.25, 0.3) is 0 Å². The summed E-state index contributed by atoms with van der Waals surface area (Å²) in [5.41, 5.74) is 1.47. The Bertz CT molecular complexity index is 633. The summed E-state index contributed by atoms with van der Waals surface area (Å²) >= 11 is 1.48. The molecule has 2 heterocycles. The van der Waals surface area contributed by atoms with Crippen LogP contribution in [-0.4, -0.2) is 22.4 Å². The van der Waals surface area contributed by atoms with Gasteiger partial charge in [0.05, 0.1) is 22.9 Å². The van der Waals surface area contributed by atoms with Crippen molar-refractivity contribution in [3.8, 4) is 16.5 Å². The highest BCUT2D eigenvalue weighted by atomic mass is 32.1. The second-order valence-electron chi connectivity index (χ2n) is 5.34. The largest absolute Gasteiger partial charge is 0.487 e. The Morgan fingerprint density at radius 3 is 2.86 bits per heavy atom. The van der Waals surface area contributed by atoms with E-state index in [1.54, 1.807) is 12.3 Å². The minimum absolute atomic E-state index is 0.291. The van der Waals surface area contributed by atoms with Crippen molar-refractivity contribution in [1.82, 2.24) is 9.97 Å². The van der Waals surface area contributed by atoms with Gasteiger partial charge in [-0.1, -0.05) is 6.42 Å². The van der Waals surface area contributed by atoms with Gasteiger partial charge in [0, 0.05) is 5.56 Å². The molecular weight excluding hydrogens is 284 g/mol. The first kappa shape index (κ1) is 14.2. The molecular formula is C16H18N2O2S. The number of thiophene rings is 1. The van der Waals surface area contributed by atoms with E-state index in [1.165, 1.54) is 30.6 Å². The smallest absolute Gasteiger partial charge is 0.170 e. The van der Waals surface area contributed by atoms with E-state index in [-0.39, 0.29) is 0 Å². The van der Waals surface area contributed by atoms with Crippen LogP contribution in [0.1, 0.15) is 48.2 Å². The summed E-state index contributed by atoms with van der Waals surface area (Å²) in [7, 11) is 0. The molecule has 2 aromatic rings. The molecule has 1 aliphatic rings. The Hall–Kier alpha value is -1.75. The van der Waals surface area contributed by atoms with Crippen LogP contribution in [0.4, 0.5) is 0 Å². The fraction of sp³-hybridized carbons (Fsp3) is 0.438. The van der Waals surface area contributed by atoms with Gasteiger partial charge in [-0.2, -0.15) is 0 Å². The fourth-order valence-corrected chi connectivity index (χ4v) is 3.44. The van der Waals surface area contributed by atoms with Gasteiger partial charge >= 0.3 is 0 Å². The van der Waals surface area contributed by atoms with Crippen LogP contribution in [0, 0.1) is 6.92 Å². The molecule has 0 bridgehead atoms. The average molecular weight is 302 g/mol.